The van der Waals surface area contributed by atoms with E-state index < -0.39 is 0 Å². The number of amidine groups is 1. The van der Waals surface area contributed by atoms with Crippen molar-refractivity contribution < 1.29 is 0 Å². The highest BCUT2D eigenvalue weighted by molar-refractivity contribution is 6.18. The predicted molar refractivity (Wildman–Crippen MR) is 270 cm³/mol. The SMILES string of the molecule is C1=C(C2=NC(c3ccc(-n4c5ccccc5c5c6c(ccc54)CCC(c4ccccc4)c4ccccc4-6)cc3)NC(n3c4ccccc4c4ccccc43)=N2)CCC(c2ccccc2)=C1. The Bertz CT molecular complexity index is 3570. The molecule has 0 fully saturated rings. The highest BCUT2D eigenvalue weighted by Crippen LogP contribution is 2.47. The van der Waals surface area contributed by atoms with Crippen molar-refractivity contribution in [1.82, 2.24) is 14.5 Å². The van der Waals surface area contributed by atoms with Gasteiger partial charge in [-0.2, -0.15) is 4.99 Å². The first-order valence-electron chi connectivity index (χ1n) is 22.9. The topological polar surface area (TPSA) is 46.6 Å². The van der Waals surface area contributed by atoms with E-state index in [4.69, 9.17) is 9.98 Å². The van der Waals surface area contributed by atoms with E-state index in [0.717, 1.165) is 65.3 Å². The van der Waals surface area contributed by atoms with E-state index in [0.29, 0.717) is 5.92 Å². The molecule has 0 spiro atoms. The Morgan fingerprint density at radius 2 is 1.09 bits per heavy atom. The van der Waals surface area contributed by atoms with Crippen LogP contribution in [0, 0.1) is 0 Å². The second kappa shape index (κ2) is 15.4. The van der Waals surface area contributed by atoms with Gasteiger partial charge in [0.1, 0.15) is 6.17 Å². The van der Waals surface area contributed by atoms with E-state index in [1.807, 2.05) is 0 Å². The van der Waals surface area contributed by atoms with Crippen LogP contribution in [-0.2, 0) is 6.42 Å². The number of allylic oxidation sites excluding steroid dienone is 3. The third-order valence-electron chi connectivity index (χ3n) is 14.0. The Balaban J connectivity index is 0.926. The fraction of sp³-hybridized carbons (Fsp3) is 0.100. The van der Waals surface area contributed by atoms with Gasteiger partial charge in [-0.3, -0.25) is 4.57 Å². The molecule has 3 aliphatic rings. The van der Waals surface area contributed by atoms with Gasteiger partial charge in [-0.1, -0.05) is 170 Å². The van der Waals surface area contributed by atoms with E-state index in [9.17, 15) is 0 Å². The lowest BCUT2D eigenvalue weighted by Crippen LogP contribution is -2.37. The molecule has 1 N–H and O–H groups in total. The average Bonchev–Trinajstić information content (AvgIpc) is 3.84. The van der Waals surface area contributed by atoms with Crippen LogP contribution in [0.15, 0.2) is 222 Å². The summed E-state index contributed by atoms with van der Waals surface area (Å²) in [6.45, 7) is 0. The number of rotatable bonds is 5. The van der Waals surface area contributed by atoms with Gasteiger partial charge in [-0.25, -0.2) is 4.99 Å². The molecule has 1 aliphatic heterocycles. The van der Waals surface area contributed by atoms with E-state index in [2.05, 4.69) is 221 Å². The molecule has 0 saturated heterocycles. The van der Waals surface area contributed by atoms with Crippen LogP contribution in [0.4, 0.5) is 0 Å². The molecule has 0 saturated carbocycles. The second-order valence-corrected chi connectivity index (χ2v) is 17.6. The van der Waals surface area contributed by atoms with Gasteiger partial charge in [0, 0.05) is 33.2 Å². The zero-order valence-corrected chi connectivity index (χ0v) is 35.9. The maximum absolute atomic E-state index is 5.39. The molecule has 5 heteroatoms. The third kappa shape index (κ3) is 6.22. The van der Waals surface area contributed by atoms with Crippen LogP contribution in [0.25, 0.3) is 66.0 Å². The van der Waals surface area contributed by atoms with Crippen LogP contribution in [0.1, 0.15) is 59.2 Å². The van der Waals surface area contributed by atoms with Crippen LogP contribution < -0.4 is 5.32 Å². The molecule has 65 heavy (non-hydrogen) atoms. The largest absolute Gasteiger partial charge is 0.330 e. The number of aromatic nitrogens is 2. The summed E-state index contributed by atoms with van der Waals surface area (Å²) in [5, 5.41) is 8.81. The molecule has 310 valence electrons. The quantitative estimate of drug-likeness (QED) is 0.184. The number of benzene rings is 8. The van der Waals surface area contributed by atoms with Gasteiger partial charge < -0.3 is 9.88 Å². The number of nitrogens with zero attached hydrogens (tertiary/aromatic N) is 4. The van der Waals surface area contributed by atoms with Crippen molar-refractivity contribution >= 4 is 61.0 Å². The Hall–Kier alpha value is -8.02. The summed E-state index contributed by atoms with van der Waals surface area (Å²) in [4.78, 5) is 10.7. The first-order chi connectivity index (χ1) is 32.2. The third-order valence-corrected chi connectivity index (χ3v) is 14.0. The molecule has 0 amide bonds. The van der Waals surface area contributed by atoms with Crippen molar-refractivity contribution in [3.05, 3.63) is 240 Å². The maximum Gasteiger partial charge on any atom is 0.211 e. The number of fused-ring (bicyclic) bond motifs is 10. The Labute approximate surface area is 378 Å². The molecule has 2 unspecified atom stereocenters. The summed E-state index contributed by atoms with van der Waals surface area (Å²) in [6, 6.07) is 70.8. The monoisotopic (exact) mass is 835 g/mol. The minimum atomic E-state index is -0.352. The molecule has 2 aromatic heterocycles. The Kier molecular flexibility index (Phi) is 8.86. The molecule has 10 aromatic rings. The molecule has 0 bridgehead atoms. The highest BCUT2D eigenvalue weighted by atomic mass is 15.3. The minimum Gasteiger partial charge on any atom is -0.330 e. The molecule has 5 nitrogen and oxygen atoms in total. The van der Waals surface area contributed by atoms with Crippen LogP contribution in [0.3, 0.4) is 0 Å². The number of aliphatic imine (C=N–C) groups is 2. The maximum atomic E-state index is 5.39. The van der Waals surface area contributed by atoms with Crippen molar-refractivity contribution in [2.24, 2.45) is 9.98 Å². The zero-order valence-electron chi connectivity index (χ0n) is 35.9. The average molecular weight is 836 g/mol. The summed E-state index contributed by atoms with van der Waals surface area (Å²) in [5.74, 6) is 1.89. The zero-order chi connectivity index (χ0) is 42.8. The van der Waals surface area contributed by atoms with Gasteiger partial charge in [0.2, 0.25) is 5.96 Å². The predicted octanol–water partition coefficient (Wildman–Crippen LogP) is 14.3. The van der Waals surface area contributed by atoms with Crippen molar-refractivity contribution in [1.29, 1.82) is 0 Å². The van der Waals surface area contributed by atoms with E-state index in [-0.39, 0.29) is 6.17 Å². The van der Waals surface area contributed by atoms with E-state index in [1.54, 1.807) is 0 Å². The van der Waals surface area contributed by atoms with Crippen molar-refractivity contribution in [3.63, 3.8) is 0 Å². The van der Waals surface area contributed by atoms with Crippen molar-refractivity contribution in [3.8, 4) is 16.8 Å². The number of hydrogen-bond acceptors (Lipinski definition) is 3. The summed E-state index contributed by atoms with van der Waals surface area (Å²) >= 11 is 0. The lowest BCUT2D eigenvalue weighted by molar-refractivity contribution is 0.660. The molecular weight excluding hydrogens is 791 g/mol. The number of hydrogen-bond donors (Lipinski definition) is 1. The lowest BCUT2D eigenvalue weighted by Gasteiger charge is -2.26. The summed E-state index contributed by atoms with van der Waals surface area (Å²) in [5.41, 5.74) is 17.5. The fourth-order valence-corrected chi connectivity index (χ4v) is 11.0. The molecular formula is C60H45N5. The fourth-order valence-electron chi connectivity index (χ4n) is 11.0. The van der Waals surface area contributed by atoms with E-state index in [1.165, 1.54) is 71.5 Å². The molecule has 2 aliphatic carbocycles. The summed E-state index contributed by atoms with van der Waals surface area (Å²) < 4.78 is 4.73. The van der Waals surface area contributed by atoms with Crippen molar-refractivity contribution in [2.45, 2.75) is 37.8 Å². The number of aryl methyl sites for hydroxylation is 1. The van der Waals surface area contributed by atoms with Crippen molar-refractivity contribution in [2.75, 3.05) is 0 Å². The lowest BCUT2D eigenvalue weighted by atomic mass is 9.85. The summed E-state index contributed by atoms with van der Waals surface area (Å²) in [6.07, 6.45) is 8.02. The standard InChI is InChI=1S/C60H45N5/c1-3-15-39(16-4-1)40-27-29-43(30-28-40)58-61-59(63-60(62-58)65-52-24-12-9-20-48(52)49-21-10-13-25-53(49)65)44-31-35-45(36-32-44)64-54-26-14-11-23-51(54)57-55(64)38-34-42-33-37-46(41-17-5-2-6-18-41)47-19-7-8-22-50(47)56(42)57/h1-27,29,31-32,34-36,38,46,59H,28,30,33,37H2,(H,61,62,63). The molecule has 0 radical (unpaired) electrons. The van der Waals surface area contributed by atoms with Crippen LogP contribution in [0.5, 0.6) is 0 Å². The first kappa shape index (κ1) is 37.5. The van der Waals surface area contributed by atoms with Gasteiger partial charge in [0.25, 0.3) is 0 Å². The molecule has 8 aromatic carbocycles. The highest BCUT2D eigenvalue weighted by Gasteiger charge is 2.29. The number of para-hydroxylation sites is 3. The minimum absolute atomic E-state index is 0.338. The first-order valence-corrected chi connectivity index (χ1v) is 22.9. The van der Waals surface area contributed by atoms with Crippen LogP contribution >= 0.6 is 0 Å². The normalized spacial score (nSPS) is 17.2. The van der Waals surface area contributed by atoms with Crippen LogP contribution in [-0.4, -0.2) is 20.9 Å². The van der Waals surface area contributed by atoms with Gasteiger partial charge in [-0.05, 0) is 112 Å². The summed E-state index contributed by atoms with van der Waals surface area (Å²) in [7, 11) is 0. The Morgan fingerprint density at radius 3 is 1.82 bits per heavy atom. The van der Waals surface area contributed by atoms with Gasteiger partial charge in [0.15, 0.2) is 5.84 Å². The number of nitrogens with one attached hydrogen (secondary N) is 1. The molecule has 3 heterocycles. The molecule has 2 atom stereocenters. The van der Waals surface area contributed by atoms with Crippen LogP contribution in [0.2, 0.25) is 0 Å². The van der Waals surface area contributed by atoms with Gasteiger partial charge in [0.05, 0.1) is 22.1 Å². The second-order valence-electron chi connectivity index (χ2n) is 17.6. The Morgan fingerprint density at radius 1 is 0.477 bits per heavy atom. The molecule has 13 rings (SSSR count). The van der Waals surface area contributed by atoms with Gasteiger partial charge in [-0.15, -0.1) is 0 Å². The van der Waals surface area contributed by atoms with Gasteiger partial charge >= 0.3 is 0 Å². The smallest absolute Gasteiger partial charge is 0.211 e. The van der Waals surface area contributed by atoms with E-state index >= 15 is 0 Å².